The van der Waals surface area contributed by atoms with Gasteiger partial charge in [-0.25, -0.2) is 0 Å². The zero-order valence-electron chi connectivity index (χ0n) is 9.93. The number of benzene rings is 2. The summed E-state index contributed by atoms with van der Waals surface area (Å²) >= 11 is 1.88. The van der Waals surface area contributed by atoms with Crippen LogP contribution in [0.4, 0.5) is 0 Å². The number of para-hydroxylation sites is 1. The zero-order valence-corrected chi connectivity index (χ0v) is 10.7. The molecule has 0 fully saturated rings. The predicted molar refractivity (Wildman–Crippen MR) is 74.0 cm³/mol. The molecule has 0 heterocycles. The molecule has 0 N–H and O–H groups in total. The maximum atomic E-state index is 5.73. The Hall–Kier alpha value is -1.41. The SMILES string of the molecule is CCCSc1ccc(Oc2ccccc2)cc1. The van der Waals surface area contributed by atoms with E-state index in [-0.39, 0.29) is 0 Å². The smallest absolute Gasteiger partial charge is 0.127 e. The lowest BCUT2D eigenvalue weighted by atomic mass is 10.3. The monoisotopic (exact) mass is 244 g/mol. The summed E-state index contributed by atoms with van der Waals surface area (Å²) < 4.78 is 5.73. The third-order valence-electron chi connectivity index (χ3n) is 2.28. The van der Waals surface area contributed by atoms with Gasteiger partial charge in [-0.15, -0.1) is 11.8 Å². The molecule has 2 rings (SSSR count). The molecule has 0 saturated carbocycles. The van der Waals surface area contributed by atoms with Gasteiger partial charge in [-0.05, 0) is 48.6 Å². The number of hydrogen-bond donors (Lipinski definition) is 0. The van der Waals surface area contributed by atoms with E-state index in [1.54, 1.807) is 0 Å². The van der Waals surface area contributed by atoms with Crippen molar-refractivity contribution in [3.8, 4) is 11.5 Å². The molecule has 0 aliphatic rings. The predicted octanol–water partition coefficient (Wildman–Crippen LogP) is 4.98. The van der Waals surface area contributed by atoms with Crippen molar-refractivity contribution in [1.82, 2.24) is 0 Å². The summed E-state index contributed by atoms with van der Waals surface area (Å²) in [5.74, 6) is 2.93. The fraction of sp³-hybridized carbons (Fsp3) is 0.200. The van der Waals surface area contributed by atoms with Crippen LogP contribution in [0.3, 0.4) is 0 Å². The second-order valence-corrected chi connectivity index (χ2v) is 4.90. The maximum Gasteiger partial charge on any atom is 0.127 e. The lowest BCUT2D eigenvalue weighted by Crippen LogP contribution is -1.83. The third-order valence-corrected chi connectivity index (χ3v) is 3.49. The third kappa shape index (κ3) is 3.82. The molecular weight excluding hydrogens is 228 g/mol. The van der Waals surface area contributed by atoms with Crippen molar-refractivity contribution in [2.75, 3.05) is 5.75 Å². The molecule has 17 heavy (non-hydrogen) atoms. The zero-order chi connectivity index (χ0) is 11.9. The highest BCUT2D eigenvalue weighted by molar-refractivity contribution is 7.99. The van der Waals surface area contributed by atoms with Crippen LogP contribution in [0, 0.1) is 0 Å². The first-order chi connectivity index (χ1) is 8.38. The fourth-order valence-electron chi connectivity index (χ4n) is 1.45. The Kier molecular flexibility index (Phi) is 4.51. The largest absolute Gasteiger partial charge is 0.457 e. The van der Waals surface area contributed by atoms with Gasteiger partial charge in [-0.1, -0.05) is 25.1 Å². The van der Waals surface area contributed by atoms with E-state index in [4.69, 9.17) is 4.74 Å². The van der Waals surface area contributed by atoms with Gasteiger partial charge >= 0.3 is 0 Å². The molecule has 0 spiro atoms. The molecule has 0 atom stereocenters. The van der Waals surface area contributed by atoms with Crippen LogP contribution < -0.4 is 4.74 Å². The van der Waals surface area contributed by atoms with Crippen molar-refractivity contribution >= 4 is 11.8 Å². The van der Waals surface area contributed by atoms with Gasteiger partial charge in [-0.3, -0.25) is 0 Å². The van der Waals surface area contributed by atoms with Gasteiger partial charge in [0.15, 0.2) is 0 Å². The first kappa shape index (κ1) is 12.1. The Bertz CT molecular complexity index is 436. The van der Waals surface area contributed by atoms with Crippen molar-refractivity contribution < 1.29 is 4.74 Å². The average Bonchev–Trinajstić information content (AvgIpc) is 2.39. The summed E-state index contributed by atoms with van der Waals surface area (Å²) in [7, 11) is 0. The molecule has 88 valence electrons. The molecule has 0 saturated heterocycles. The first-order valence-electron chi connectivity index (χ1n) is 5.84. The molecule has 2 aromatic rings. The summed E-state index contributed by atoms with van der Waals surface area (Å²) in [5.41, 5.74) is 0. The summed E-state index contributed by atoms with van der Waals surface area (Å²) in [4.78, 5) is 1.30. The minimum atomic E-state index is 0.876. The Morgan fingerprint density at radius 3 is 2.18 bits per heavy atom. The van der Waals surface area contributed by atoms with E-state index in [0.29, 0.717) is 0 Å². The van der Waals surface area contributed by atoms with Crippen molar-refractivity contribution in [2.24, 2.45) is 0 Å². The lowest BCUT2D eigenvalue weighted by Gasteiger charge is -2.06. The van der Waals surface area contributed by atoms with Crippen LogP contribution in [0.1, 0.15) is 13.3 Å². The van der Waals surface area contributed by atoms with Gasteiger partial charge in [0.25, 0.3) is 0 Å². The quantitative estimate of drug-likeness (QED) is 0.686. The minimum absolute atomic E-state index is 0.876. The van der Waals surface area contributed by atoms with Crippen LogP contribution in [0.5, 0.6) is 11.5 Å². The van der Waals surface area contributed by atoms with E-state index in [1.165, 1.54) is 17.1 Å². The standard InChI is InChI=1S/C15H16OS/c1-2-12-17-15-10-8-14(9-11-15)16-13-6-4-3-5-7-13/h3-11H,2,12H2,1H3. The summed E-state index contributed by atoms with van der Waals surface area (Å²) in [6.07, 6.45) is 1.20. The second kappa shape index (κ2) is 6.36. The van der Waals surface area contributed by atoms with E-state index >= 15 is 0 Å². The van der Waals surface area contributed by atoms with Crippen molar-refractivity contribution in [2.45, 2.75) is 18.2 Å². The van der Waals surface area contributed by atoms with Crippen molar-refractivity contribution in [1.29, 1.82) is 0 Å². The summed E-state index contributed by atoms with van der Waals surface area (Å²) in [6.45, 7) is 2.19. The first-order valence-corrected chi connectivity index (χ1v) is 6.83. The Morgan fingerprint density at radius 2 is 1.53 bits per heavy atom. The normalized spacial score (nSPS) is 10.2. The molecule has 2 heteroatoms. The molecule has 0 bridgehead atoms. The van der Waals surface area contributed by atoms with Gasteiger partial charge in [-0.2, -0.15) is 0 Å². The van der Waals surface area contributed by atoms with Crippen LogP contribution in [-0.2, 0) is 0 Å². The van der Waals surface area contributed by atoms with E-state index in [0.717, 1.165) is 11.5 Å². The number of hydrogen-bond acceptors (Lipinski definition) is 2. The van der Waals surface area contributed by atoms with E-state index in [2.05, 4.69) is 19.1 Å². The molecule has 0 radical (unpaired) electrons. The van der Waals surface area contributed by atoms with Crippen molar-refractivity contribution in [3.05, 3.63) is 54.6 Å². The second-order valence-electron chi connectivity index (χ2n) is 3.73. The Balaban J connectivity index is 1.98. The van der Waals surface area contributed by atoms with E-state index in [1.807, 2.05) is 54.2 Å². The molecule has 0 aliphatic heterocycles. The minimum Gasteiger partial charge on any atom is -0.457 e. The highest BCUT2D eigenvalue weighted by atomic mass is 32.2. The van der Waals surface area contributed by atoms with Gasteiger partial charge in [0.05, 0.1) is 0 Å². The highest BCUT2D eigenvalue weighted by Crippen LogP contribution is 2.25. The summed E-state index contributed by atoms with van der Waals surface area (Å²) in [6, 6.07) is 18.1. The van der Waals surface area contributed by atoms with Gasteiger partial charge in [0.2, 0.25) is 0 Å². The molecule has 0 unspecified atom stereocenters. The van der Waals surface area contributed by atoms with Crippen LogP contribution in [0.25, 0.3) is 0 Å². The molecule has 0 aliphatic carbocycles. The number of rotatable bonds is 5. The molecule has 1 nitrogen and oxygen atoms in total. The van der Waals surface area contributed by atoms with Gasteiger partial charge in [0, 0.05) is 4.90 Å². The van der Waals surface area contributed by atoms with Crippen molar-refractivity contribution in [3.63, 3.8) is 0 Å². The maximum absolute atomic E-state index is 5.73. The summed E-state index contributed by atoms with van der Waals surface area (Å²) in [5, 5.41) is 0. The van der Waals surface area contributed by atoms with Crippen LogP contribution in [0.15, 0.2) is 59.5 Å². The average molecular weight is 244 g/mol. The van der Waals surface area contributed by atoms with Crippen LogP contribution in [0.2, 0.25) is 0 Å². The van der Waals surface area contributed by atoms with Gasteiger partial charge in [0.1, 0.15) is 11.5 Å². The van der Waals surface area contributed by atoms with Gasteiger partial charge < -0.3 is 4.74 Å². The fourth-order valence-corrected chi connectivity index (χ4v) is 2.22. The Labute approximate surface area is 107 Å². The molecule has 0 aromatic heterocycles. The Morgan fingerprint density at radius 1 is 0.882 bits per heavy atom. The molecule has 2 aromatic carbocycles. The lowest BCUT2D eigenvalue weighted by molar-refractivity contribution is 0.482. The van der Waals surface area contributed by atoms with E-state index in [9.17, 15) is 0 Å². The number of ether oxygens (including phenoxy) is 1. The number of thioether (sulfide) groups is 1. The van der Waals surface area contributed by atoms with Crippen LogP contribution >= 0.6 is 11.8 Å². The van der Waals surface area contributed by atoms with Crippen LogP contribution in [-0.4, -0.2) is 5.75 Å². The molecule has 0 amide bonds. The highest BCUT2D eigenvalue weighted by Gasteiger charge is 1.97. The van der Waals surface area contributed by atoms with E-state index < -0.39 is 0 Å². The topological polar surface area (TPSA) is 9.23 Å². The molecular formula is C15H16OS.